The minimum atomic E-state index is -0.565. The molecule has 0 unspecified atom stereocenters. The average Bonchev–Trinajstić information content (AvgIpc) is 2.74. The number of nitrogens with one attached hydrogen (secondary N) is 2. The Morgan fingerprint density at radius 2 is 2.10 bits per heavy atom. The molecule has 2 aromatic carbocycles. The molecule has 154 valence electrons. The van der Waals surface area contributed by atoms with Crippen molar-refractivity contribution in [2.24, 2.45) is 0 Å². The highest BCUT2D eigenvalue weighted by atomic mass is 79.9. The van der Waals surface area contributed by atoms with Gasteiger partial charge in [-0.05, 0) is 35.9 Å². The van der Waals surface area contributed by atoms with Crippen LogP contribution in [0.4, 0.5) is 10.1 Å². The largest absolute Gasteiger partial charge is 0.497 e. The molecule has 1 aliphatic heterocycles. The number of thioether (sulfide) groups is 1. The Morgan fingerprint density at radius 3 is 2.73 bits per heavy atom. The van der Waals surface area contributed by atoms with Gasteiger partial charge in [0.05, 0.1) is 35.2 Å². The van der Waals surface area contributed by atoms with Crippen molar-refractivity contribution in [1.82, 2.24) is 5.32 Å². The van der Waals surface area contributed by atoms with Gasteiger partial charge in [-0.15, -0.1) is 0 Å². The van der Waals surface area contributed by atoms with Gasteiger partial charge in [-0.2, -0.15) is 5.26 Å². The number of hydrogen-bond donors (Lipinski definition) is 2. The Balaban J connectivity index is 1.75. The number of methoxy groups -OCH3 is 1. The van der Waals surface area contributed by atoms with Gasteiger partial charge in [0.2, 0.25) is 11.8 Å². The first-order valence-electron chi connectivity index (χ1n) is 8.87. The van der Waals surface area contributed by atoms with Crippen LogP contribution in [-0.4, -0.2) is 24.7 Å². The molecule has 0 aliphatic carbocycles. The van der Waals surface area contributed by atoms with E-state index in [1.165, 1.54) is 12.1 Å². The van der Waals surface area contributed by atoms with Crippen molar-refractivity contribution in [1.29, 1.82) is 5.26 Å². The second-order valence-corrected chi connectivity index (χ2v) is 8.29. The van der Waals surface area contributed by atoms with Crippen molar-refractivity contribution in [2.75, 3.05) is 18.2 Å². The van der Waals surface area contributed by atoms with Crippen molar-refractivity contribution in [3.05, 3.63) is 68.9 Å². The summed E-state index contributed by atoms with van der Waals surface area (Å²) in [5.41, 5.74) is 1.25. The Kier molecular flexibility index (Phi) is 7.13. The predicted octanol–water partition coefficient (Wildman–Crippen LogP) is 4.31. The minimum Gasteiger partial charge on any atom is -0.497 e. The third kappa shape index (κ3) is 5.20. The van der Waals surface area contributed by atoms with E-state index in [-0.39, 0.29) is 23.8 Å². The van der Waals surface area contributed by atoms with E-state index in [4.69, 9.17) is 4.74 Å². The highest BCUT2D eigenvalue weighted by Gasteiger charge is 2.30. The number of rotatable bonds is 6. The fourth-order valence-electron chi connectivity index (χ4n) is 2.97. The molecule has 6 nitrogen and oxygen atoms in total. The summed E-state index contributed by atoms with van der Waals surface area (Å²) in [7, 11) is 1.56. The van der Waals surface area contributed by atoms with Crippen LogP contribution in [0.3, 0.4) is 0 Å². The lowest BCUT2D eigenvalue weighted by Crippen LogP contribution is -2.31. The lowest BCUT2D eigenvalue weighted by molar-refractivity contribution is -0.121. The second kappa shape index (κ2) is 9.78. The molecule has 2 amide bonds. The van der Waals surface area contributed by atoms with Crippen LogP contribution in [0.15, 0.2) is 57.5 Å². The third-order valence-corrected chi connectivity index (χ3v) is 5.94. The predicted molar refractivity (Wildman–Crippen MR) is 116 cm³/mol. The Hall–Kier alpha value is -2.83. The fourth-order valence-corrected chi connectivity index (χ4v) is 4.18. The lowest BCUT2D eigenvalue weighted by atomic mass is 9.87. The molecular formula is C21H17BrFN3O3S. The Morgan fingerprint density at radius 1 is 1.37 bits per heavy atom. The summed E-state index contributed by atoms with van der Waals surface area (Å²) in [5.74, 6) is -1.09. The molecule has 3 rings (SSSR count). The number of amides is 2. The van der Waals surface area contributed by atoms with E-state index in [1.807, 2.05) is 12.1 Å². The quantitative estimate of drug-likeness (QED) is 0.630. The van der Waals surface area contributed by atoms with Crippen LogP contribution in [0.1, 0.15) is 17.9 Å². The topological polar surface area (TPSA) is 91.2 Å². The van der Waals surface area contributed by atoms with Crippen molar-refractivity contribution < 1.29 is 18.7 Å². The first-order chi connectivity index (χ1) is 14.4. The molecule has 0 saturated carbocycles. The molecule has 1 aliphatic rings. The van der Waals surface area contributed by atoms with E-state index in [2.05, 4.69) is 32.6 Å². The van der Waals surface area contributed by atoms with Gasteiger partial charge in [-0.1, -0.05) is 39.8 Å². The lowest BCUT2D eigenvalue weighted by Gasteiger charge is -2.25. The SMILES string of the molecule is COc1ccc([C@H]2CC(=O)NC(SCC(=O)Nc3ccc(Br)cc3F)=C2C#N)cc1. The van der Waals surface area contributed by atoms with Crippen LogP contribution in [0.5, 0.6) is 5.75 Å². The van der Waals surface area contributed by atoms with Gasteiger partial charge in [-0.3, -0.25) is 9.59 Å². The summed E-state index contributed by atoms with van der Waals surface area (Å²) in [5, 5.41) is 15.2. The monoisotopic (exact) mass is 489 g/mol. The summed E-state index contributed by atoms with van der Waals surface area (Å²) in [6, 6.07) is 13.6. The number of allylic oxidation sites excluding steroid dienone is 1. The van der Waals surface area contributed by atoms with Crippen LogP contribution in [0.25, 0.3) is 0 Å². The zero-order valence-electron chi connectivity index (χ0n) is 15.9. The molecule has 2 N–H and O–H groups in total. The molecule has 0 aromatic heterocycles. The Labute approximate surface area is 185 Å². The molecule has 2 aromatic rings. The van der Waals surface area contributed by atoms with Crippen LogP contribution in [0, 0.1) is 17.1 Å². The molecule has 9 heteroatoms. The van der Waals surface area contributed by atoms with Gasteiger partial charge in [-0.25, -0.2) is 4.39 Å². The van der Waals surface area contributed by atoms with Crippen molar-refractivity contribution >= 4 is 45.2 Å². The van der Waals surface area contributed by atoms with Crippen LogP contribution in [0.2, 0.25) is 0 Å². The summed E-state index contributed by atoms with van der Waals surface area (Å²) >= 11 is 4.19. The van der Waals surface area contributed by atoms with E-state index in [9.17, 15) is 19.2 Å². The smallest absolute Gasteiger partial charge is 0.234 e. The van der Waals surface area contributed by atoms with E-state index < -0.39 is 17.6 Å². The molecule has 0 saturated heterocycles. The van der Waals surface area contributed by atoms with Gasteiger partial charge >= 0.3 is 0 Å². The van der Waals surface area contributed by atoms with Gasteiger partial charge < -0.3 is 15.4 Å². The molecule has 0 radical (unpaired) electrons. The van der Waals surface area contributed by atoms with E-state index in [0.717, 1.165) is 17.3 Å². The molecule has 1 atom stereocenters. The number of nitrogens with zero attached hydrogens (tertiary/aromatic N) is 1. The molecule has 30 heavy (non-hydrogen) atoms. The van der Waals surface area contributed by atoms with Crippen molar-refractivity contribution in [2.45, 2.75) is 12.3 Å². The molecular weight excluding hydrogens is 473 g/mol. The van der Waals surface area contributed by atoms with Gasteiger partial charge in [0.15, 0.2) is 0 Å². The van der Waals surface area contributed by atoms with E-state index in [0.29, 0.717) is 20.8 Å². The second-order valence-electron chi connectivity index (χ2n) is 6.39. The molecule has 0 fully saturated rings. The summed E-state index contributed by atoms with van der Waals surface area (Å²) in [6.45, 7) is 0. The van der Waals surface area contributed by atoms with Gasteiger partial charge in [0.25, 0.3) is 0 Å². The average molecular weight is 490 g/mol. The van der Waals surface area contributed by atoms with E-state index >= 15 is 0 Å². The summed E-state index contributed by atoms with van der Waals surface area (Å²) < 4.78 is 19.6. The maximum atomic E-state index is 13.9. The maximum Gasteiger partial charge on any atom is 0.234 e. The van der Waals surface area contributed by atoms with Crippen molar-refractivity contribution in [3.63, 3.8) is 0 Å². The van der Waals surface area contributed by atoms with E-state index in [1.54, 1.807) is 25.3 Å². The standard InChI is InChI=1S/C21H17BrFN3O3S/c1-29-14-5-2-12(3-6-14)15-9-19(27)26-21(16(15)10-24)30-11-20(28)25-18-7-4-13(22)8-17(18)23/h2-8,15H,9,11H2,1H3,(H,25,28)(H,26,27)/t15-/m1/s1. The minimum absolute atomic E-state index is 0.0575. The maximum absolute atomic E-state index is 13.9. The number of nitriles is 1. The number of carbonyl (C=O) groups is 2. The van der Waals surface area contributed by atoms with Crippen LogP contribution < -0.4 is 15.4 Å². The zero-order valence-corrected chi connectivity index (χ0v) is 18.3. The number of halogens is 2. The first kappa shape index (κ1) is 21.9. The number of ether oxygens (including phenoxy) is 1. The summed E-state index contributed by atoms with van der Waals surface area (Å²) in [6.07, 6.45) is 0.135. The number of carbonyl (C=O) groups excluding carboxylic acids is 2. The van der Waals surface area contributed by atoms with Crippen LogP contribution >= 0.6 is 27.7 Å². The fraction of sp³-hybridized carbons (Fsp3) is 0.190. The number of benzene rings is 2. The molecule has 1 heterocycles. The first-order valence-corrected chi connectivity index (χ1v) is 10.6. The Bertz CT molecular complexity index is 1050. The summed E-state index contributed by atoms with van der Waals surface area (Å²) in [4.78, 5) is 24.5. The number of anilines is 1. The van der Waals surface area contributed by atoms with Crippen LogP contribution in [-0.2, 0) is 9.59 Å². The van der Waals surface area contributed by atoms with Gasteiger partial charge in [0.1, 0.15) is 11.6 Å². The highest BCUT2D eigenvalue weighted by molar-refractivity contribution is 9.10. The molecule has 0 bridgehead atoms. The zero-order chi connectivity index (χ0) is 21.7. The number of hydrogen-bond acceptors (Lipinski definition) is 5. The third-order valence-electron chi connectivity index (χ3n) is 4.43. The highest BCUT2D eigenvalue weighted by Crippen LogP contribution is 2.36. The van der Waals surface area contributed by atoms with Crippen molar-refractivity contribution in [3.8, 4) is 11.8 Å². The normalized spacial score (nSPS) is 15.9. The molecule has 0 spiro atoms. The van der Waals surface area contributed by atoms with Gasteiger partial charge in [0, 0.05) is 16.8 Å².